The van der Waals surface area contributed by atoms with Crippen molar-refractivity contribution in [1.82, 2.24) is 0 Å². The SMILES string of the molecule is CCCCOc1c(/C=C/c2ccccc2C)oc2ccc(C(=O)O)cc2c1=O. The van der Waals surface area contributed by atoms with Crippen LogP contribution in [-0.4, -0.2) is 17.7 Å². The van der Waals surface area contributed by atoms with E-state index in [2.05, 4.69) is 0 Å². The number of carboxylic acids is 1. The molecule has 0 aliphatic carbocycles. The molecular weight excluding hydrogens is 356 g/mol. The van der Waals surface area contributed by atoms with Gasteiger partial charge in [0.15, 0.2) is 5.76 Å². The van der Waals surface area contributed by atoms with Crippen LogP contribution in [-0.2, 0) is 0 Å². The normalized spacial score (nSPS) is 11.2. The highest BCUT2D eigenvalue weighted by Crippen LogP contribution is 2.25. The van der Waals surface area contributed by atoms with E-state index < -0.39 is 5.97 Å². The fourth-order valence-electron chi connectivity index (χ4n) is 2.83. The third-order valence-corrected chi connectivity index (χ3v) is 4.47. The van der Waals surface area contributed by atoms with E-state index in [1.807, 2.05) is 44.2 Å². The first-order chi connectivity index (χ1) is 13.5. The first kappa shape index (κ1) is 19.4. The molecule has 0 fully saturated rings. The molecule has 0 unspecified atom stereocenters. The number of ether oxygens (including phenoxy) is 1. The number of rotatable bonds is 7. The lowest BCUT2D eigenvalue weighted by Gasteiger charge is -2.09. The molecule has 0 spiro atoms. The Hall–Kier alpha value is -3.34. The molecular formula is C23H22O5. The van der Waals surface area contributed by atoms with Crippen molar-refractivity contribution in [2.75, 3.05) is 6.61 Å². The van der Waals surface area contributed by atoms with Crippen LogP contribution >= 0.6 is 0 Å². The Morgan fingerprint density at radius 3 is 2.68 bits per heavy atom. The van der Waals surface area contributed by atoms with Gasteiger partial charge in [0.25, 0.3) is 0 Å². The molecule has 0 amide bonds. The van der Waals surface area contributed by atoms with Gasteiger partial charge in [-0.3, -0.25) is 4.79 Å². The van der Waals surface area contributed by atoms with Crippen molar-refractivity contribution >= 4 is 29.1 Å². The van der Waals surface area contributed by atoms with Gasteiger partial charge in [-0.2, -0.15) is 0 Å². The molecule has 5 nitrogen and oxygen atoms in total. The molecule has 2 aromatic carbocycles. The minimum atomic E-state index is -1.10. The fourth-order valence-corrected chi connectivity index (χ4v) is 2.83. The lowest BCUT2D eigenvalue weighted by Crippen LogP contribution is -2.12. The molecule has 3 aromatic rings. The molecule has 0 saturated carbocycles. The van der Waals surface area contributed by atoms with E-state index in [4.69, 9.17) is 9.15 Å². The zero-order chi connectivity index (χ0) is 20.1. The molecule has 5 heteroatoms. The van der Waals surface area contributed by atoms with Crippen LogP contribution in [0.3, 0.4) is 0 Å². The standard InChI is InChI=1S/C23H22O5/c1-3-4-13-27-22-20(12-9-16-8-6-5-7-15(16)2)28-19-11-10-17(23(25)26)14-18(19)21(22)24/h5-12,14H,3-4,13H2,1-2H3,(H,25,26)/b12-9+. The van der Waals surface area contributed by atoms with Crippen LogP contribution in [0.25, 0.3) is 23.1 Å². The third kappa shape index (κ3) is 4.14. The summed E-state index contributed by atoms with van der Waals surface area (Å²) in [6.45, 7) is 4.42. The molecule has 28 heavy (non-hydrogen) atoms. The molecule has 3 rings (SSSR count). The number of carboxylic acid groups (broad SMARTS) is 1. The number of carbonyl (C=O) groups is 1. The van der Waals surface area contributed by atoms with Gasteiger partial charge >= 0.3 is 5.97 Å². The zero-order valence-electron chi connectivity index (χ0n) is 15.9. The maximum atomic E-state index is 13.0. The van der Waals surface area contributed by atoms with E-state index in [0.717, 1.165) is 24.0 Å². The molecule has 1 aromatic heterocycles. The number of hydrogen-bond donors (Lipinski definition) is 1. The predicted octanol–water partition coefficient (Wildman–Crippen LogP) is 5.15. The van der Waals surface area contributed by atoms with Crippen LogP contribution in [0.5, 0.6) is 5.75 Å². The summed E-state index contributed by atoms with van der Waals surface area (Å²) in [5.41, 5.74) is 2.09. The predicted molar refractivity (Wildman–Crippen MR) is 110 cm³/mol. The van der Waals surface area contributed by atoms with E-state index in [0.29, 0.717) is 18.0 Å². The van der Waals surface area contributed by atoms with Gasteiger partial charge in [-0.05, 0) is 48.7 Å². The second-order valence-electron chi connectivity index (χ2n) is 6.53. The van der Waals surface area contributed by atoms with Gasteiger partial charge in [-0.15, -0.1) is 0 Å². The molecule has 0 saturated heterocycles. The maximum absolute atomic E-state index is 13.0. The summed E-state index contributed by atoms with van der Waals surface area (Å²) in [5, 5.41) is 9.39. The fraction of sp³-hybridized carbons (Fsp3) is 0.217. The second-order valence-corrected chi connectivity index (χ2v) is 6.53. The van der Waals surface area contributed by atoms with Crippen LogP contribution in [0.2, 0.25) is 0 Å². The van der Waals surface area contributed by atoms with Crippen molar-refractivity contribution in [2.45, 2.75) is 26.7 Å². The van der Waals surface area contributed by atoms with Crippen LogP contribution < -0.4 is 10.2 Å². The van der Waals surface area contributed by atoms with Crippen LogP contribution in [0.1, 0.15) is 47.0 Å². The van der Waals surface area contributed by atoms with E-state index in [9.17, 15) is 14.7 Å². The summed E-state index contributed by atoms with van der Waals surface area (Å²) in [5.74, 6) is -0.675. The van der Waals surface area contributed by atoms with E-state index >= 15 is 0 Å². The number of fused-ring (bicyclic) bond motifs is 1. The molecule has 0 aliphatic heterocycles. The lowest BCUT2D eigenvalue weighted by atomic mass is 10.1. The number of hydrogen-bond acceptors (Lipinski definition) is 4. The first-order valence-electron chi connectivity index (χ1n) is 9.22. The smallest absolute Gasteiger partial charge is 0.335 e. The highest BCUT2D eigenvalue weighted by atomic mass is 16.5. The molecule has 0 aliphatic rings. The number of unbranched alkanes of at least 4 members (excludes halogenated alkanes) is 1. The minimum Gasteiger partial charge on any atom is -0.486 e. The summed E-state index contributed by atoms with van der Waals surface area (Å²) in [6, 6.07) is 12.1. The van der Waals surface area contributed by atoms with Crippen molar-refractivity contribution in [2.24, 2.45) is 0 Å². The average Bonchev–Trinajstić information content (AvgIpc) is 2.69. The summed E-state index contributed by atoms with van der Waals surface area (Å²) >= 11 is 0. The minimum absolute atomic E-state index is 0.0301. The Bertz CT molecular complexity index is 1090. The van der Waals surface area contributed by atoms with E-state index in [1.165, 1.54) is 18.2 Å². The molecule has 0 atom stereocenters. The molecule has 1 heterocycles. The quantitative estimate of drug-likeness (QED) is 0.576. The Kier molecular flexibility index (Phi) is 5.94. The van der Waals surface area contributed by atoms with Crippen molar-refractivity contribution in [3.63, 3.8) is 0 Å². The first-order valence-corrected chi connectivity index (χ1v) is 9.22. The summed E-state index contributed by atoms with van der Waals surface area (Å²) < 4.78 is 11.6. The molecule has 0 radical (unpaired) electrons. The molecule has 1 N–H and O–H groups in total. The van der Waals surface area contributed by atoms with Crippen molar-refractivity contribution < 1.29 is 19.1 Å². The maximum Gasteiger partial charge on any atom is 0.335 e. The zero-order valence-corrected chi connectivity index (χ0v) is 15.9. The van der Waals surface area contributed by atoms with Crippen LogP contribution in [0.4, 0.5) is 0 Å². The van der Waals surface area contributed by atoms with Gasteiger partial charge in [-0.25, -0.2) is 4.79 Å². The van der Waals surface area contributed by atoms with Crippen LogP contribution in [0, 0.1) is 6.92 Å². The second kappa shape index (κ2) is 8.57. The number of aromatic carboxylic acids is 1. The molecule has 0 bridgehead atoms. The highest BCUT2D eigenvalue weighted by molar-refractivity contribution is 5.93. The largest absolute Gasteiger partial charge is 0.486 e. The Balaban J connectivity index is 2.12. The average molecular weight is 378 g/mol. The van der Waals surface area contributed by atoms with Gasteiger partial charge in [-0.1, -0.05) is 43.7 Å². The third-order valence-electron chi connectivity index (χ3n) is 4.47. The van der Waals surface area contributed by atoms with Gasteiger partial charge < -0.3 is 14.3 Å². The van der Waals surface area contributed by atoms with Gasteiger partial charge in [0.1, 0.15) is 5.58 Å². The Morgan fingerprint density at radius 1 is 1.18 bits per heavy atom. The lowest BCUT2D eigenvalue weighted by molar-refractivity contribution is 0.0697. The summed E-state index contributed by atoms with van der Waals surface area (Å²) in [6.07, 6.45) is 5.32. The van der Waals surface area contributed by atoms with Crippen molar-refractivity contribution in [1.29, 1.82) is 0 Å². The topological polar surface area (TPSA) is 76.7 Å². The van der Waals surface area contributed by atoms with Crippen molar-refractivity contribution in [3.05, 3.63) is 75.1 Å². The van der Waals surface area contributed by atoms with Crippen LogP contribution in [0.15, 0.2) is 51.7 Å². The van der Waals surface area contributed by atoms with E-state index in [1.54, 1.807) is 6.08 Å². The number of benzene rings is 2. The van der Waals surface area contributed by atoms with Gasteiger partial charge in [0.05, 0.1) is 17.6 Å². The molecule has 144 valence electrons. The number of aryl methyl sites for hydroxylation is 1. The van der Waals surface area contributed by atoms with Crippen molar-refractivity contribution in [3.8, 4) is 5.75 Å². The Labute approximate surface area is 162 Å². The Morgan fingerprint density at radius 2 is 1.96 bits per heavy atom. The van der Waals surface area contributed by atoms with Gasteiger partial charge in [0, 0.05) is 0 Å². The van der Waals surface area contributed by atoms with Gasteiger partial charge in [0.2, 0.25) is 11.2 Å². The van der Waals surface area contributed by atoms with E-state index in [-0.39, 0.29) is 22.1 Å². The summed E-state index contributed by atoms with van der Waals surface area (Å²) in [7, 11) is 0. The monoisotopic (exact) mass is 378 g/mol. The summed E-state index contributed by atoms with van der Waals surface area (Å²) in [4.78, 5) is 24.2. The highest BCUT2D eigenvalue weighted by Gasteiger charge is 2.16.